The number of aryl methyl sites for hydroxylation is 3. The van der Waals surface area contributed by atoms with Crippen LogP contribution in [0.1, 0.15) is 21.7 Å². The predicted molar refractivity (Wildman–Crippen MR) is 112 cm³/mol. The number of aromatic nitrogens is 1. The largest absolute Gasteiger partial charge is 0.454 e. The van der Waals surface area contributed by atoms with Crippen LogP contribution in [0, 0.1) is 32.1 Å². The number of benzene rings is 2. The number of nitrogens with one attached hydrogen (secondary N) is 1. The van der Waals surface area contributed by atoms with Crippen molar-refractivity contribution in [2.24, 2.45) is 0 Å². The quantitative estimate of drug-likeness (QED) is 0.602. The third kappa shape index (κ3) is 3.45. The predicted octanol–water partition coefficient (Wildman–Crippen LogP) is 5.44. The van der Waals surface area contributed by atoms with Crippen LogP contribution in [0.25, 0.3) is 16.8 Å². The zero-order chi connectivity index (χ0) is 19.7. The average Bonchev–Trinajstić information content (AvgIpc) is 3.32. The van der Waals surface area contributed by atoms with Gasteiger partial charge < -0.3 is 14.8 Å². The molecule has 1 N–H and O–H groups in total. The lowest BCUT2D eigenvalue weighted by atomic mass is 10.1. The second-order valence-corrected chi connectivity index (χ2v) is 7.55. The highest BCUT2D eigenvalue weighted by molar-refractivity contribution is 7.11. The van der Waals surface area contributed by atoms with Crippen molar-refractivity contribution in [1.29, 1.82) is 5.26 Å². The Morgan fingerprint density at radius 1 is 1.14 bits per heavy atom. The van der Waals surface area contributed by atoms with Gasteiger partial charge in [0.15, 0.2) is 11.5 Å². The Hall–Kier alpha value is -3.30. The van der Waals surface area contributed by atoms with Gasteiger partial charge in [-0.25, -0.2) is 4.98 Å². The molecule has 0 radical (unpaired) electrons. The molecule has 2 aromatic carbocycles. The zero-order valence-electron chi connectivity index (χ0n) is 15.9. The maximum Gasteiger partial charge on any atom is 0.231 e. The molecule has 140 valence electrons. The summed E-state index contributed by atoms with van der Waals surface area (Å²) in [7, 11) is 0. The second-order valence-electron chi connectivity index (χ2n) is 6.69. The van der Waals surface area contributed by atoms with E-state index in [9.17, 15) is 5.26 Å². The number of hydrogen-bond donors (Lipinski definition) is 1. The Balaban J connectivity index is 1.60. The molecule has 0 atom stereocenters. The lowest BCUT2D eigenvalue weighted by Crippen LogP contribution is -1.97. The molecule has 3 aromatic rings. The Morgan fingerprint density at radius 2 is 1.89 bits per heavy atom. The molecule has 0 spiro atoms. The topological polar surface area (TPSA) is 67.2 Å². The summed E-state index contributed by atoms with van der Waals surface area (Å²) < 4.78 is 10.8. The minimum Gasteiger partial charge on any atom is -0.454 e. The van der Waals surface area contributed by atoms with Crippen LogP contribution < -0.4 is 14.8 Å². The number of ether oxygens (including phenoxy) is 2. The first-order valence-electron chi connectivity index (χ1n) is 8.86. The minimum absolute atomic E-state index is 0.242. The van der Waals surface area contributed by atoms with E-state index < -0.39 is 0 Å². The van der Waals surface area contributed by atoms with Gasteiger partial charge in [-0.05, 0) is 50.1 Å². The summed E-state index contributed by atoms with van der Waals surface area (Å²) in [6.07, 6.45) is 1.73. The molecule has 1 aliphatic rings. The zero-order valence-corrected chi connectivity index (χ0v) is 16.7. The van der Waals surface area contributed by atoms with Crippen molar-refractivity contribution in [3.8, 4) is 28.8 Å². The van der Waals surface area contributed by atoms with E-state index in [0.717, 1.165) is 39.6 Å². The number of allylic oxidation sites excluding steroid dienone is 1. The number of nitrogens with zero attached hydrogens (tertiary/aromatic N) is 2. The van der Waals surface area contributed by atoms with Gasteiger partial charge in [0.2, 0.25) is 6.79 Å². The number of hydrogen-bond acceptors (Lipinski definition) is 6. The van der Waals surface area contributed by atoms with E-state index in [4.69, 9.17) is 9.47 Å². The van der Waals surface area contributed by atoms with E-state index in [2.05, 4.69) is 49.3 Å². The Bertz CT molecular complexity index is 1100. The molecule has 0 unspecified atom stereocenters. The average molecular weight is 389 g/mol. The summed E-state index contributed by atoms with van der Waals surface area (Å²) in [6, 6.07) is 12.2. The molecular weight excluding hydrogens is 370 g/mol. The second kappa shape index (κ2) is 7.37. The summed E-state index contributed by atoms with van der Waals surface area (Å²) >= 11 is 1.44. The maximum atomic E-state index is 9.62. The summed E-state index contributed by atoms with van der Waals surface area (Å²) in [5.41, 5.74) is 6.77. The summed E-state index contributed by atoms with van der Waals surface area (Å²) in [5.74, 6) is 1.46. The molecule has 1 aliphatic heterocycles. The lowest BCUT2D eigenvalue weighted by molar-refractivity contribution is 0.174. The van der Waals surface area contributed by atoms with E-state index in [-0.39, 0.29) is 6.79 Å². The number of rotatable bonds is 4. The lowest BCUT2D eigenvalue weighted by Gasteiger charge is -2.11. The first kappa shape index (κ1) is 18.1. The van der Waals surface area contributed by atoms with Crippen molar-refractivity contribution < 1.29 is 9.47 Å². The summed E-state index contributed by atoms with van der Waals surface area (Å²) in [6.45, 7) is 6.44. The van der Waals surface area contributed by atoms with Crippen LogP contribution in [0.3, 0.4) is 0 Å². The first-order chi connectivity index (χ1) is 13.5. The third-order valence-corrected chi connectivity index (χ3v) is 5.44. The van der Waals surface area contributed by atoms with Crippen LogP contribution in [0.2, 0.25) is 0 Å². The molecule has 6 heteroatoms. The van der Waals surface area contributed by atoms with Crippen LogP contribution in [-0.2, 0) is 0 Å². The Morgan fingerprint density at radius 3 is 2.64 bits per heavy atom. The smallest absolute Gasteiger partial charge is 0.231 e. The Kier molecular flexibility index (Phi) is 4.76. The van der Waals surface area contributed by atoms with E-state index >= 15 is 0 Å². The van der Waals surface area contributed by atoms with E-state index in [1.807, 2.05) is 23.6 Å². The van der Waals surface area contributed by atoms with Gasteiger partial charge in [-0.2, -0.15) is 5.26 Å². The van der Waals surface area contributed by atoms with Gasteiger partial charge in [-0.15, -0.1) is 11.3 Å². The van der Waals surface area contributed by atoms with Crippen LogP contribution in [0.15, 0.2) is 41.9 Å². The maximum absolute atomic E-state index is 9.62. The van der Waals surface area contributed by atoms with E-state index in [1.54, 1.807) is 6.20 Å². The molecule has 2 heterocycles. The molecule has 1 aromatic heterocycles. The van der Waals surface area contributed by atoms with Crippen LogP contribution in [0.4, 0.5) is 5.69 Å². The van der Waals surface area contributed by atoms with Crippen LogP contribution >= 0.6 is 11.3 Å². The van der Waals surface area contributed by atoms with Gasteiger partial charge in [0.25, 0.3) is 0 Å². The van der Waals surface area contributed by atoms with Gasteiger partial charge in [0, 0.05) is 22.8 Å². The molecule has 0 amide bonds. The SMILES string of the molecule is Cc1cc(C)c(NC=C(C#N)c2nc(-c3ccc4c(c3)OCO4)cs2)c(C)c1. The first-order valence-corrected chi connectivity index (χ1v) is 9.73. The molecule has 0 bridgehead atoms. The van der Waals surface area contributed by atoms with Gasteiger partial charge in [0.05, 0.1) is 5.69 Å². The van der Waals surface area contributed by atoms with Crippen LogP contribution in [0.5, 0.6) is 11.5 Å². The summed E-state index contributed by atoms with van der Waals surface area (Å²) in [5, 5.41) is 15.5. The highest BCUT2D eigenvalue weighted by Crippen LogP contribution is 2.36. The normalized spacial score (nSPS) is 12.7. The van der Waals surface area contributed by atoms with E-state index in [1.165, 1.54) is 16.9 Å². The standard InChI is InChI=1S/C22H19N3O2S/c1-13-6-14(2)21(15(3)7-13)24-10-17(9-23)22-25-18(11-28-22)16-4-5-19-20(8-16)27-12-26-19/h4-8,10-11,24H,12H2,1-3H3. The molecular formula is C22H19N3O2S. The number of anilines is 1. The highest BCUT2D eigenvalue weighted by atomic mass is 32.1. The van der Waals surface area contributed by atoms with Gasteiger partial charge >= 0.3 is 0 Å². The fourth-order valence-corrected chi connectivity index (χ4v) is 4.07. The van der Waals surface area contributed by atoms with E-state index in [0.29, 0.717) is 10.6 Å². The molecule has 0 saturated heterocycles. The van der Waals surface area contributed by atoms with Gasteiger partial charge in [0.1, 0.15) is 16.6 Å². The van der Waals surface area contributed by atoms with Gasteiger partial charge in [-0.3, -0.25) is 0 Å². The molecule has 5 nitrogen and oxygen atoms in total. The molecule has 0 fully saturated rings. The van der Waals surface area contributed by atoms with Crippen molar-refractivity contribution in [2.75, 3.05) is 12.1 Å². The van der Waals surface area contributed by atoms with Crippen LogP contribution in [-0.4, -0.2) is 11.8 Å². The van der Waals surface area contributed by atoms with Crippen molar-refractivity contribution in [3.63, 3.8) is 0 Å². The molecule has 4 rings (SSSR count). The highest BCUT2D eigenvalue weighted by Gasteiger charge is 2.16. The van der Waals surface area contributed by atoms with Crippen molar-refractivity contribution in [3.05, 3.63) is 63.6 Å². The Labute approximate surface area is 167 Å². The van der Waals surface area contributed by atoms with Crippen molar-refractivity contribution >= 4 is 22.6 Å². The summed E-state index contributed by atoms with van der Waals surface area (Å²) in [4.78, 5) is 4.64. The van der Waals surface area contributed by atoms with Crippen molar-refractivity contribution in [2.45, 2.75) is 20.8 Å². The third-order valence-electron chi connectivity index (χ3n) is 4.56. The fraction of sp³-hybridized carbons (Fsp3) is 0.182. The number of nitriles is 1. The van der Waals surface area contributed by atoms with Crippen molar-refractivity contribution in [1.82, 2.24) is 4.98 Å². The fourth-order valence-electron chi connectivity index (χ4n) is 3.28. The molecule has 0 saturated carbocycles. The molecule has 28 heavy (non-hydrogen) atoms. The number of fused-ring (bicyclic) bond motifs is 1. The van der Waals surface area contributed by atoms with Gasteiger partial charge in [-0.1, -0.05) is 17.7 Å². The monoisotopic (exact) mass is 389 g/mol. The number of thiazole rings is 1. The molecule has 0 aliphatic carbocycles. The minimum atomic E-state index is 0.242.